The molecule has 1 aromatic carbocycles. The standard InChI is InChI=1S/C18H18F2N4O2/c19-18(20,17(26)21-15-10-14(22-23-15)11-3-4-11)12-5-7-13(8-6-12)24-9-1-2-16(24)25/h5-8,10-11H,1-4,9H2,(H2,21,22,23,26). The third-order valence-electron chi connectivity index (χ3n) is 4.76. The molecule has 0 spiro atoms. The van der Waals surface area contributed by atoms with Gasteiger partial charge in [-0.15, -0.1) is 0 Å². The highest BCUT2D eigenvalue weighted by molar-refractivity contribution is 5.97. The molecule has 2 aromatic rings. The summed E-state index contributed by atoms with van der Waals surface area (Å²) in [7, 11) is 0. The fourth-order valence-corrected chi connectivity index (χ4v) is 3.10. The van der Waals surface area contributed by atoms with Gasteiger partial charge in [-0.25, -0.2) is 0 Å². The van der Waals surface area contributed by atoms with Gasteiger partial charge < -0.3 is 10.2 Å². The van der Waals surface area contributed by atoms with Crippen molar-refractivity contribution in [2.45, 2.75) is 37.5 Å². The van der Waals surface area contributed by atoms with E-state index in [0.29, 0.717) is 24.6 Å². The molecule has 1 aliphatic carbocycles. The Hall–Kier alpha value is -2.77. The van der Waals surface area contributed by atoms with Gasteiger partial charge in [-0.05, 0) is 31.4 Å². The van der Waals surface area contributed by atoms with Crippen LogP contribution < -0.4 is 10.2 Å². The largest absolute Gasteiger partial charge is 0.350 e. The number of nitrogens with one attached hydrogen (secondary N) is 2. The van der Waals surface area contributed by atoms with Crippen molar-refractivity contribution in [1.82, 2.24) is 10.2 Å². The first kappa shape index (κ1) is 16.7. The first-order valence-corrected chi connectivity index (χ1v) is 8.60. The molecule has 1 aliphatic heterocycles. The normalized spacial score (nSPS) is 17.6. The highest BCUT2D eigenvalue weighted by Gasteiger charge is 2.41. The molecule has 0 radical (unpaired) electrons. The van der Waals surface area contributed by atoms with Gasteiger partial charge in [-0.3, -0.25) is 14.7 Å². The Bertz CT molecular complexity index is 843. The molecule has 0 atom stereocenters. The molecule has 0 bridgehead atoms. The lowest BCUT2D eigenvalue weighted by Crippen LogP contribution is -2.32. The summed E-state index contributed by atoms with van der Waals surface area (Å²) in [6.07, 6.45) is 3.30. The van der Waals surface area contributed by atoms with Gasteiger partial charge in [-0.1, -0.05) is 12.1 Å². The molecule has 0 unspecified atom stereocenters. The Kier molecular flexibility index (Phi) is 3.97. The van der Waals surface area contributed by atoms with Crippen LogP contribution in [0.25, 0.3) is 0 Å². The number of aromatic amines is 1. The number of H-pyrrole nitrogens is 1. The summed E-state index contributed by atoms with van der Waals surface area (Å²) < 4.78 is 28.9. The van der Waals surface area contributed by atoms with Gasteiger partial charge >= 0.3 is 11.8 Å². The molecule has 2 fully saturated rings. The van der Waals surface area contributed by atoms with Crippen molar-refractivity contribution >= 4 is 23.3 Å². The van der Waals surface area contributed by atoms with Crippen LogP contribution in [0.1, 0.15) is 42.9 Å². The number of rotatable bonds is 5. The van der Waals surface area contributed by atoms with Gasteiger partial charge in [0.1, 0.15) is 0 Å². The SMILES string of the molecule is O=C1CCCN1c1ccc(C(F)(F)C(=O)Nc2cc(C3CC3)[nH]n2)cc1. The number of halogens is 2. The van der Waals surface area contributed by atoms with Crippen molar-refractivity contribution < 1.29 is 18.4 Å². The van der Waals surface area contributed by atoms with E-state index in [2.05, 4.69) is 15.5 Å². The number of carbonyl (C=O) groups excluding carboxylic acids is 2. The predicted octanol–water partition coefficient (Wildman–Crippen LogP) is 3.14. The van der Waals surface area contributed by atoms with Crippen molar-refractivity contribution in [2.75, 3.05) is 16.8 Å². The number of nitrogens with zero attached hydrogens (tertiary/aromatic N) is 2. The summed E-state index contributed by atoms with van der Waals surface area (Å²) in [5, 5.41) is 8.79. The molecule has 6 nitrogen and oxygen atoms in total. The van der Waals surface area contributed by atoms with Crippen LogP contribution in [0.3, 0.4) is 0 Å². The van der Waals surface area contributed by atoms with Crippen LogP contribution in [-0.2, 0) is 15.5 Å². The Morgan fingerprint density at radius 3 is 2.62 bits per heavy atom. The van der Waals surface area contributed by atoms with Crippen LogP contribution in [0.2, 0.25) is 0 Å². The van der Waals surface area contributed by atoms with E-state index in [0.717, 1.165) is 25.0 Å². The van der Waals surface area contributed by atoms with Gasteiger partial charge in [-0.2, -0.15) is 13.9 Å². The zero-order valence-corrected chi connectivity index (χ0v) is 14.0. The van der Waals surface area contributed by atoms with E-state index < -0.39 is 17.4 Å². The quantitative estimate of drug-likeness (QED) is 0.860. The second kappa shape index (κ2) is 6.19. The summed E-state index contributed by atoms with van der Waals surface area (Å²) in [6.45, 7) is 0.581. The molecule has 2 heterocycles. The van der Waals surface area contributed by atoms with E-state index in [1.807, 2.05) is 0 Å². The van der Waals surface area contributed by atoms with Gasteiger partial charge in [0.25, 0.3) is 0 Å². The van der Waals surface area contributed by atoms with Crippen LogP contribution in [0.4, 0.5) is 20.3 Å². The molecule has 8 heteroatoms. The van der Waals surface area contributed by atoms with Crippen LogP contribution in [-0.4, -0.2) is 28.6 Å². The number of aromatic nitrogens is 2. The molecule has 1 saturated carbocycles. The first-order valence-electron chi connectivity index (χ1n) is 8.60. The van der Waals surface area contributed by atoms with Crippen molar-refractivity contribution in [3.8, 4) is 0 Å². The Labute approximate surface area is 148 Å². The molecule has 1 aromatic heterocycles. The minimum absolute atomic E-state index is 0.0211. The summed E-state index contributed by atoms with van der Waals surface area (Å²) in [5.74, 6) is -4.68. The lowest BCUT2D eigenvalue weighted by Gasteiger charge is -2.19. The Morgan fingerprint density at radius 2 is 2.00 bits per heavy atom. The van der Waals surface area contributed by atoms with Gasteiger partial charge in [0.05, 0.1) is 0 Å². The average Bonchev–Trinajstić information content (AvgIpc) is 3.23. The Morgan fingerprint density at radius 1 is 1.27 bits per heavy atom. The summed E-state index contributed by atoms with van der Waals surface area (Å²) in [5.41, 5.74) is 0.987. The zero-order chi connectivity index (χ0) is 18.3. The summed E-state index contributed by atoms with van der Waals surface area (Å²) >= 11 is 0. The molecule has 2 N–H and O–H groups in total. The number of hydrogen-bond acceptors (Lipinski definition) is 3. The molecule has 4 rings (SSSR count). The minimum atomic E-state index is -3.70. The van der Waals surface area contributed by atoms with Crippen LogP contribution in [0.5, 0.6) is 0 Å². The number of benzene rings is 1. The molecular formula is C18H18F2N4O2. The summed E-state index contributed by atoms with van der Waals surface area (Å²) in [6, 6.07) is 6.84. The highest BCUT2D eigenvalue weighted by Crippen LogP contribution is 2.39. The third-order valence-corrected chi connectivity index (χ3v) is 4.76. The van der Waals surface area contributed by atoms with Crippen molar-refractivity contribution in [1.29, 1.82) is 0 Å². The minimum Gasteiger partial charge on any atom is -0.312 e. The highest BCUT2D eigenvalue weighted by atomic mass is 19.3. The van der Waals surface area contributed by atoms with E-state index >= 15 is 0 Å². The number of carbonyl (C=O) groups is 2. The maximum Gasteiger partial charge on any atom is 0.350 e. The molecule has 2 amide bonds. The van der Waals surface area contributed by atoms with Crippen LogP contribution >= 0.6 is 0 Å². The molecular weight excluding hydrogens is 342 g/mol. The smallest absolute Gasteiger partial charge is 0.312 e. The number of hydrogen-bond donors (Lipinski definition) is 2. The lowest BCUT2D eigenvalue weighted by atomic mass is 10.1. The first-order chi connectivity index (χ1) is 12.4. The fourth-order valence-electron chi connectivity index (χ4n) is 3.10. The van der Waals surface area contributed by atoms with Crippen molar-refractivity contribution in [3.63, 3.8) is 0 Å². The van der Waals surface area contributed by atoms with Crippen molar-refractivity contribution in [2.24, 2.45) is 0 Å². The number of alkyl halides is 2. The zero-order valence-electron chi connectivity index (χ0n) is 14.0. The topological polar surface area (TPSA) is 78.1 Å². The number of anilines is 2. The van der Waals surface area contributed by atoms with E-state index in [9.17, 15) is 18.4 Å². The second-order valence-electron chi connectivity index (χ2n) is 6.71. The maximum absolute atomic E-state index is 14.5. The third kappa shape index (κ3) is 3.07. The van der Waals surface area contributed by atoms with Gasteiger partial charge in [0, 0.05) is 41.9 Å². The van der Waals surface area contributed by atoms with Crippen molar-refractivity contribution in [3.05, 3.63) is 41.6 Å². The molecule has 26 heavy (non-hydrogen) atoms. The maximum atomic E-state index is 14.5. The van der Waals surface area contributed by atoms with E-state index in [1.54, 1.807) is 11.0 Å². The van der Waals surface area contributed by atoms with Crippen LogP contribution in [0.15, 0.2) is 30.3 Å². The van der Waals surface area contributed by atoms with Crippen LogP contribution in [0, 0.1) is 0 Å². The monoisotopic (exact) mass is 360 g/mol. The van der Waals surface area contributed by atoms with Gasteiger partial charge in [0.2, 0.25) is 5.91 Å². The van der Waals surface area contributed by atoms with E-state index in [4.69, 9.17) is 0 Å². The van der Waals surface area contributed by atoms with E-state index in [1.165, 1.54) is 24.3 Å². The fraction of sp³-hybridized carbons (Fsp3) is 0.389. The summed E-state index contributed by atoms with van der Waals surface area (Å²) in [4.78, 5) is 25.3. The average molecular weight is 360 g/mol. The van der Waals surface area contributed by atoms with Gasteiger partial charge in [0.15, 0.2) is 5.82 Å². The molecule has 136 valence electrons. The second-order valence-corrected chi connectivity index (χ2v) is 6.71. The predicted molar refractivity (Wildman–Crippen MR) is 91.1 cm³/mol. The van der Waals surface area contributed by atoms with E-state index in [-0.39, 0.29) is 11.7 Å². The molecule has 1 saturated heterocycles. The molecule has 2 aliphatic rings. The number of amides is 2. The lowest BCUT2D eigenvalue weighted by molar-refractivity contribution is -0.141. The Balaban J connectivity index is 1.47.